The molecule has 11 nitrogen and oxygen atoms in total. The Morgan fingerprint density at radius 1 is 1.21 bits per heavy atom. The summed E-state index contributed by atoms with van der Waals surface area (Å²) in [5.74, 6) is 0.521. The van der Waals surface area contributed by atoms with Crippen LogP contribution < -0.4 is 5.32 Å². The summed E-state index contributed by atoms with van der Waals surface area (Å²) < 4.78 is 25.6. The number of aliphatic imine (C=N–C) groups is 1. The normalized spacial score (nSPS) is 20.8. The van der Waals surface area contributed by atoms with Gasteiger partial charge in [-0.25, -0.2) is 19.3 Å². The second-order valence-corrected chi connectivity index (χ2v) is 10.2. The van der Waals surface area contributed by atoms with Gasteiger partial charge in [0.25, 0.3) is 0 Å². The van der Waals surface area contributed by atoms with Crippen LogP contribution in [-0.4, -0.2) is 95.5 Å². The number of halogens is 1. The number of nitrogens with zero attached hydrogens (tertiary/aromatic N) is 6. The van der Waals surface area contributed by atoms with Crippen molar-refractivity contribution in [3.05, 3.63) is 48.2 Å². The SMILES string of the molecule is CN(C)C(=O)C1(C)COC(c2nc(-c3ccc(F)cc3)c(-c3ccnc(NCCCN4C=NCC4)n3)[nH]2)OC1. The number of nitrogens with one attached hydrogen (secondary N) is 2. The van der Waals surface area contributed by atoms with Crippen molar-refractivity contribution in [2.75, 3.05) is 58.8 Å². The third-order valence-corrected chi connectivity index (χ3v) is 6.67. The molecule has 4 heterocycles. The van der Waals surface area contributed by atoms with E-state index in [1.54, 1.807) is 38.5 Å². The molecule has 2 aliphatic rings. The predicted molar refractivity (Wildman–Crippen MR) is 144 cm³/mol. The molecule has 1 aromatic carbocycles. The minimum atomic E-state index is -0.797. The maximum atomic E-state index is 13.7. The first-order valence-electron chi connectivity index (χ1n) is 12.9. The maximum Gasteiger partial charge on any atom is 0.232 e. The van der Waals surface area contributed by atoms with Crippen LogP contribution in [0.25, 0.3) is 22.6 Å². The molecule has 5 rings (SSSR count). The number of aromatic amines is 1. The molecule has 1 fully saturated rings. The van der Waals surface area contributed by atoms with Crippen LogP contribution in [0.15, 0.2) is 41.5 Å². The number of rotatable bonds is 9. The number of H-pyrrole nitrogens is 1. The fourth-order valence-electron chi connectivity index (χ4n) is 4.59. The second kappa shape index (κ2) is 11.5. The lowest BCUT2D eigenvalue weighted by Crippen LogP contribution is -2.48. The van der Waals surface area contributed by atoms with Crippen LogP contribution in [-0.2, 0) is 14.3 Å². The van der Waals surface area contributed by atoms with Crippen LogP contribution in [0, 0.1) is 11.2 Å². The van der Waals surface area contributed by atoms with Gasteiger partial charge >= 0.3 is 0 Å². The van der Waals surface area contributed by atoms with Crippen LogP contribution in [0.2, 0.25) is 0 Å². The van der Waals surface area contributed by atoms with Crippen molar-refractivity contribution in [3.8, 4) is 22.6 Å². The minimum Gasteiger partial charge on any atom is -0.361 e. The van der Waals surface area contributed by atoms with Crippen LogP contribution in [0.5, 0.6) is 0 Å². The number of benzene rings is 1. The van der Waals surface area contributed by atoms with Crippen molar-refractivity contribution in [3.63, 3.8) is 0 Å². The fourth-order valence-corrected chi connectivity index (χ4v) is 4.59. The van der Waals surface area contributed by atoms with Gasteiger partial charge in [-0.1, -0.05) is 0 Å². The first-order chi connectivity index (χ1) is 18.8. The zero-order valence-electron chi connectivity index (χ0n) is 22.4. The molecular weight excluding hydrogens is 503 g/mol. The van der Waals surface area contributed by atoms with Gasteiger partial charge < -0.3 is 29.6 Å². The molecule has 0 aliphatic carbocycles. The van der Waals surface area contributed by atoms with Gasteiger partial charge in [-0.3, -0.25) is 9.79 Å². The fraction of sp³-hybridized carbons (Fsp3) is 0.444. The van der Waals surface area contributed by atoms with E-state index in [1.165, 1.54) is 17.0 Å². The maximum absolute atomic E-state index is 13.7. The second-order valence-electron chi connectivity index (χ2n) is 10.2. The summed E-state index contributed by atoms with van der Waals surface area (Å²) >= 11 is 0. The van der Waals surface area contributed by atoms with E-state index in [1.807, 2.05) is 13.3 Å². The molecule has 1 amide bonds. The van der Waals surface area contributed by atoms with Crippen LogP contribution >= 0.6 is 0 Å². The van der Waals surface area contributed by atoms with Gasteiger partial charge in [0.15, 0.2) is 5.82 Å². The number of aromatic nitrogens is 4. The highest BCUT2D eigenvalue weighted by Crippen LogP contribution is 2.36. The summed E-state index contributed by atoms with van der Waals surface area (Å²) in [6, 6.07) is 7.88. The molecule has 2 aliphatic heterocycles. The summed E-state index contributed by atoms with van der Waals surface area (Å²) in [7, 11) is 3.42. The lowest BCUT2D eigenvalue weighted by atomic mass is 9.90. The Morgan fingerprint density at radius 2 is 1.97 bits per heavy atom. The van der Waals surface area contributed by atoms with Gasteiger partial charge in [0.2, 0.25) is 18.1 Å². The Kier molecular flexibility index (Phi) is 7.84. The van der Waals surface area contributed by atoms with Gasteiger partial charge in [-0.05, 0) is 43.7 Å². The summed E-state index contributed by atoms with van der Waals surface area (Å²) in [6.07, 6.45) is 3.69. The zero-order valence-corrected chi connectivity index (χ0v) is 22.4. The van der Waals surface area contributed by atoms with Crippen LogP contribution in [0.4, 0.5) is 10.3 Å². The number of amides is 1. The molecule has 3 aromatic rings. The molecular formula is C27H33FN8O3. The first-order valence-corrected chi connectivity index (χ1v) is 12.9. The third kappa shape index (κ3) is 6.07. The smallest absolute Gasteiger partial charge is 0.232 e. The van der Waals surface area contributed by atoms with Gasteiger partial charge in [0.1, 0.15) is 5.82 Å². The largest absolute Gasteiger partial charge is 0.361 e. The van der Waals surface area contributed by atoms with E-state index in [0.717, 1.165) is 26.1 Å². The topological polar surface area (TPSA) is 121 Å². The molecule has 0 spiro atoms. The standard InChI is InChI=1S/C27H33FN8O3/c1-27(25(37)35(2)3)15-38-24(39-16-27)23-33-21(18-5-7-19(28)8-6-18)22(34-23)20-9-11-31-26(32-20)30-10-4-13-36-14-12-29-17-36/h5-9,11,17,24H,4,10,12-16H2,1-3H3,(H,33,34)(H,30,31,32). The molecule has 206 valence electrons. The van der Waals surface area contributed by atoms with Crippen LogP contribution in [0.3, 0.4) is 0 Å². The summed E-state index contributed by atoms with van der Waals surface area (Å²) in [5, 5.41) is 3.28. The Hall–Kier alpha value is -3.90. The van der Waals surface area contributed by atoms with Crippen molar-refractivity contribution in [2.24, 2.45) is 10.4 Å². The van der Waals surface area contributed by atoms with Crippen molar-refractivity contribution < 1.29 is 18.7 Å². The van der Waals surface area contributed by atoms with Gasteiger partial charge in [-0.2, -0.15) is 0 Å². The zero-order chi connectivity index (χ0) is 27.4. The molecule has 0 radical (unpaired) electrons. The number of imidazole rings is 1. The number of hydrogen-bond acceptors (Lipinski definition) is 9. The first kappa shape index (κ1) is 26.7. The molecule has 0 saturated carbocycles. The summed E-state index contributed by atoms with van der Waals surface area (Å²) in [4.78, 5) is 37.7. The Balaban J connectivity index is 1.36. The number of carbonyl (C=O) groups is 1. The minimum absolute atomic E-state index is 0.0670. The Labute approximate surface area is 226 Å². The number of hydrogen-bond donors (Lipinski definition) is 2. The average molecular weight is 537 g/mol. The highest BCUT2D eigenvalue weighted by molar-refractivity contribution is 5.82. The monoisotopic (exact) mass is 536 g/mol. The number of ether oxygens (including phenoxy) is 2. The van der Waals surface area contributed by atoms with E-state index in [-0.39, 0.29) is 24.9 Å². The molecule has 12 heteroatoms. The highest BCUT2D eigenvalue weighted by atomic mass is 19.1. The lowest BCUT2D eigenvalue weighted by molar-refractivity contribution is -0.233. The lowest BCUT2D eigenvalue weighted by Gasteiger charge is -2.36. The summed E-state index contributed by atoms with van der Waals surface area (Å²) in [5.41, 5.74) is 1.73. The average Bonchev–Trinajstić information content (AvgIpc) is 3.62. The molecule has 39 heavy (non-hydrogen) atoms. The van der Waals surface area contributed by atoms with Crippen LogP contribution in [0.1, 0.15) is 25.5 Å². The molecule has 2 aromatic heterocycles. The van der Waals surface area contributed by atoms with Crippen molar-refractivity contribution in [2.45, 2.75) is 19.6 Å². The van der Waals surface area contributed by atoms with E-state index in [4.69, 9.17) is 19.4 Å². The van der Waals surface area contributed by atoms with Gasteiger partial charge in [0, 0.05) is 45.5 Å². The predicted octanol–water partition coefficient (Wildman–Crippen LogP) is 2.96. The third-order valence-electron chi connectivity index (χ3n) is 6.67. The number of anilines is 1. The quantitative estimate of drug-likeness (QED) is 0.401. The van der Waals surface area contributed by atoms with E-state index in [2.05, 4.69) is 25.2 Å². The molecule has 0 unspecified atom stereocenters. The number of carbonyl (C=O) groups excluding carboxylic acids is 1. The van der Waals surface area contributed by atoms with E-state index in [9.17, 15) is 9.18 Å². The van der Waals surface area contributed by atoms with E-state index < -0.39 is 11.7 Å². The molecule has 0 atom stereocenters. The summed E-state index contributed by atoms with van der Waals surface area (Å²) in [6.45, 7) is 5.61. The molecule has 1 saturated heterocycles. The van der Waals surface area contributed by atoms with Gasteiger partial charge in [0.05, 0.1) is 48.6 Å². The van der Waals surface area contributed by atoms with E-state index >= 15 is 0 Å². The highest BCUT2D eigenvalue weighted by Gasteiger charge is 2.41. The van der Waals surface area contributed by atoms with Crippen molar-refractivity contribution in [1.29, 1.82) is 0 Å². The van der Waals surface area contributed by atoms with E-state index in [0.29, 0.717) is 41.0 Å². The molecule has 0 bridgehead atoms. The Bertz CT molecular complexity index is 1320. The van der Waals surface area contributed by atoms with Gasteiger partial charge in [-0.15, -0.1) is 0 Å². The Morgan fingerprint density at radius 3 is 2.67 bits per heavy atom. The van der Waals surface area contributed by atoms with Crippen molar-refractivity contribution >= 4 is 18.2 Å². The molecule has 2 N–H and O–H groups in total. The van der Waals surface area contributed by atoms with Crippen molar-refractivity contribution in [1.82, 2.24) is 29.7 Å².